The first-order chi connectivity index (χ1) is 9.97. The van der Waals surface area contributed by atoms with Crippen LogP contribution in [0, 0.1) is 0 Å². The molecule has 0 unspecified atom stereocenters. The minimum atomic E-state index is -0.358. The van der Waals surface area contributed by atoms with Crippen LogP contribution in [0.5, 0.6) is 0 Å². The second kappa shape index (κ2) is 6.53. The normalized spacial score (nSPS) is 10.9. The zero-order valence-corrected chi connectivity index (χ0v) is 13.6. The molecular formula is C14H16BrN5O. The van der Waals surface area contributed by atoms with E-state index in [2.05, 4.69) is 31.6 Å². The van der Waals surface area contributed by atoms with Crippen LogP contribution >= 0.6 is 15.9 Å². The summed E-state index contributed by atoms with van der Waals surface area (Å²) in [5.74, 6) is -0.358. The maximum absolute atomic E-state index is 11.9. The molecule has 6 nitrogen and oxygen atoms in total. The van der Waals surface area contributed by atoms with Gasteiger partial charge in [0.25, 0.3) is 5.91 Å². The van der Waals surface area contributed by atoms with Gasteiger partial charge in [-0.05, 0) is 33.6 Å². The number of amides is 1. The van der Waals surface area contributed by atoms with Crippen molar-refractivity contribution in [3.8, 4) is 0 Å². The van der Waals surface area contributed by atoms with Crippen molar-refractivity contribution in [2.45, 2.75) is 0 Å². The van der Waals surface area contributed by atoms with Gasteiger partial charge in [-0.3, -0.25) is 9.48 Å². The van der Waals surface area contributed by atoms with Gasteiger partial charge in [-0.1, -0.05) is 12.1 Å². The van der Waals surface area contributed by atoms with Crippen molar-refractivity contribution >= 4 is 33.7 Å². The molecule has 0 saturated heterocycles. The summed E-state index contributed by atoms with van der Waals surface area (Å²) in [7, 11) is 5.71. The highest BCUT2D eigenvalue weighted by Crippen LogP contribution is 2.14. The molecule has 0 saturated carbocycles. The van der Waals surface area contributed by atoms with E-state index >= 15 is 0 Å². The fraction of sp³-hybridized carbons (Fsp3) is 0.214. The maximum Gasteiger partial charge on any atom is 0.293 e. The van der Waals surface area contributed by atoms with Gasteiger partial charge in [0, 0.05) is 33.0 Å². The Bertz CT molecular complexity index is 661. The van der Waals surface area contributed by atoms with Gasteiger partial charge < -0.3 is 4.90 Å². The standard InChI is InChI=1S/C14H16BrN5O/c1-19(2)11-6-4-10(5-7-11)8-16-17-14(21)13-12(15)9-20(3)18-13/h4-9H,1-3H3,(H,17,21)/b16-8-. The van der Waals surface area contributed by atoms with E-state index in [1.165, 1.54) is 0 Å². The number of rotatable bonds is 4. The number of anilines is 1. The Balaban J connectivity index is 1.99. The Morgan fingerprint density at radius 2 is 2.05 bits per heavy atom. The van der Waals surface area contributed by atoms with Crippen molar-refractivity contribution < 1.29 is 4.79 Å². The molecule has 0 bridgehead atoms. The number of hydrogen-bond acceptors (Lipinski definition) is 4. The monoisotopic (exact) mass is 349 g/mol. The lowest BCUT2D eigenvalue weighted by molar-refractivity contribution is 0.0948. The molecule has 0 spiro atoms. The molecule has 1 aromatic carbocycles. The van der Waals surface area contributed by atoms with Crippen molar-refractivity contribution in [1.82, 2.24) is 15.2 Å². The van der Waals surface area contributed by atoms with E-state index in [4.69, 9.17) is 0 Å². The van der Waals surface area contributed by atoms with E-state index in [0.717, 1.165) is 11.3 Å². The second-order valence-electron chi connectivity index (χ2n) is 4.68. The Hall–Kier alpha value is -2.15. The first-order valence-electron chi connectivity index (χ1n) is 6.27. The number of carbonyl (C=O) groups is 1. The van der Waals surface area contributed by atoms with E-state index in [-0.39, 0.29) is 5.91 Å². The predicted octanol–water partition coefficient (Wildman–Crippen LogP) is 2.01. The molecule has 0 aliphatic rings. The summed E-state index contributed by atoms with van der Waals surface area (Å²) in [4.78, 5) is 13.9. The molecular weight excluding hydrogens is 334 g/mol. The number of aromatic nitrogens is 2. The Kier molecular flexibility index (Phi) is 4.74. The molecule has 2 rings (SSSR count). The second-order valence-corrected chi connectivity index (χ2v) is 5.54. The van der Waals surface area contributed by atoms with Crippen LogP contribution in [0.15, 0.2) is 40.0 Å². The van der Waals surface area contributed by atoms with Gasteiger partial charge in [0.15, 0.2) is 5.69 Å². The van der Waals surface area contributed by atoms with Crippen LogP contribution in [-0.2, 0) is 7.05 Å². The van der Waals surface area contributed by atoms with E-state index < -0.39 is 0 Å². The highest BCUT2D eigenvalue weighted by atomic mass is 79.9. The fourth-order valence-electron chi connectivity index (χ4n) is 1.69. The molecule has 110 valence electrons. The third kappa shape index (κ3) is 3.91. The third-order valence-electron chi connectivity index (χ3n) is 2.79. The van der Waals surface area contributed by atoms with Crippen LogP contribution in [0.1, 0.15) is 16.1 Å². The summed E-state index contributed by atoms with van der Waals surface area (Å²) in [5.41, 5.74) is 4.77. The minimum Gasteiger partial charge on any atom is -0.378 e. The Labute approximate surface area is 131 Å². The number of nitrogens with zero attached hydrogens (tertiary/aromatic N) is 4. The van der Waals surface area contributed by atoms with Crippen molar-refractivity contribution in [2.24, 2.45) is 12.1 Å². The number of halogens is 1. The van der Waals surface area contributed by atoms with Crippen LogP contribution in [0.4, 0.5) is 5.69 Å². The Morgan fingerprint density at radius 3 is 2.57 bits per heavy atom. The highest BCUT2D eigenvalue weighted by Gasteiger charge is 2.13. The number of hydrogen-bond donors (Lipinski definition) is 1. The van der Waals surface area contributed by atoms with E-state index in [0.29, 0.717) is 10.2 Å². The molecule has 1 amide bonds. The van der Waals surface area contributed by atoms with E-state index in [1.54, 1.807) is 24.1 Å². The topological polar surface area (TPSA) is 62.5 Å². The average Bonchev–Trinajstić information content (AvgIpc) is 2.78. The molecule has 0 aliphatic carbocycles. The molecule has 1 N–H and O–H groups in total. The summed E-state index contributed by atoms with van der Waals surface area (Å²) in [6, 6.07) is 7.83. The van der Waals surface area contributed by atoms with Gasteiger partial charge >= 0.3 is 0 Å². The zero-order valence-electron chi connectivity index (χ0n) is 12.0. The summed E-state index contributed by atoms with van der Waals surface area (Å²) in [5, 5.41) is 7.98. The molecule has 7 heteroatoms. The first-order valence-corrected chi connectivity index (χ1v) is 7.06. The predicted molar refractivity (Wildman–Crippen MR) is 86.7 cm³/mol. The number of carbonyl (C=O) groups excluding carboxylic acids is 1. The quantitative estimate of drug-likeness (QED) is 0.678. The van der Waals surface area contributed by atoms with E-state index in [9.17, 15) is 4.79 Å². The fourth-order valence-corrected chi connectivity index (χ4v) is 2.25. The lowest BCUT2D eigenvalue weighted by Gasteiger charge is -2.11. The van der Waals surface area contributed by atoms with Gasteiger partial charge in [-0.15, -0.1) is 0 Å². The summed E-state index contributed by atoms with van der Waals surface area (Å²) >= 11 is 3.28. The smallest absolute Gasteiger partial charge is 0.293 e. The maximum atomic E-state index is 11.9. The molecule has 1 aromatic heterocycles. The Morgan fingerprint density at radius 1 is 1.38 bits per heavy atom. The highest BCUT2D eigenvalue weighted by molar-refractivity contribution is 9.10. The molecule has 0 atom stereocenters. The summed E-state index contributed by atoms with van der Waals surface area (Å²) in [6.07, 6.45) is 3.30. The molecule has 0 fully saturated rings. The number of hydrazone groups is 1. The van der Waals surface area contributed by atoms with Gasteiger partial charge in [0.1, 0.15) is 0 Å². The van der Waals surface area contributed by atoms with Crippen molar-refractivity contribution in [2.75, 3.05) is 19.0 Å². The minimum absolute atomic E-state index is 0.303. The number of aryl methyl sites for hydroxylation is 1. The lowest BCUT2D eigenvalue weighted by Crippen LogP contribution is -2.19. The van der Waals surface area contributed by atoms with Gasteiger partial charge in [0.05, 0.1) is 10.7 Å². The van der Waals surface area contributed by atoms with E-state index in [1.807, 2.05) is 43.3 Å². The average molecular weight is 350 g/mol. The largest absolute Gasteiger partial charge is 0.378 e. The van der Waals surface area contributed by atoms with Crippen LogP contribution < -0.4 is 10.3 Å². The number of nitrogens with one attached hydrogen (secondary N) is 1. The number of benzene rings is 1. The summed E-state index contributed by atoms with van der Waals surface area (Å²) in [6.45, 7) is 0. The van der Waals surface area contributed by atoms with Crippen LogP contribution in [0.2, 0.25) is 0 Å². The molecule has 21 heavy (non-hydrogen) atoms. The molecule has 2 aromatic rings. The van der Waals surface area contributed by atoms with Gasteiger partial charge in [-0.25, -0.2) is 5.43 Å². The molecule has 1 heterocycles. The van der Waals surface area contributed by atoms with Crippen LogP contribution in [0.3, 0.4) is 0 Å². The van der Waals surface area contributed by atoms with Crippen molar-refractivity contribution in [1.29, 1.82) is 0 Å². The van der Waals surface area contributed by atoms with Crippen molar-refractivity contribution in [3.05, 3.63) is 46.2 Å². The van der Waals surface area contributed by atoms with Crippen LogP contribution in [0.25, 0.3) is 0 Å². The lowest BCUT2D eigenvalue weighted by atomic mass is 10.2. The van der Waals surface area contributed by atoms with Crippen LogP contribution in [-0.4, -0.2) is 36.0 Å². The van der Waals surface area contributed by atoms with Gasteiger partial charge in [-0.2, -0.15) is 10.2 Å². The third-order valence-corrected chi connectivity index (χ3v) is 3.37. The molecule has 0 radical (unpaired) electrons. The first kappa shape index (κ1) is 15.2. The SMILES string of the molecule is CN(C)c1ccc(/C=N\NC(=O)c2nn(C)cc2Br)cc1. The van der Waals surface area contributed by atoms with Crippen molar-refractivity contribution in [3.63, 3.8) is 0 Å². The summed E-state index contributed by atoms with van der Waals surface area (Å²) < 4.78 is 2.19. The zero-order chi connectivity index (χ0) is 15.4. The van der Waals surface area contributed by atoms with Gasteiger partial charge in [0.2, 0.25) is 0 Å². The molecule has 0 aliphatic heterocycles.